The molecule has 0 unspecified atom stereocenters. The van der Waals surface area contributed by atoms with Gasteiger partial charge < -0.3 is 15.8 Å². The summed E-state index contributed by atoms with van der Waals surface area (Å²) in [5, 5.41) is 3.89. The zero-order valence-corrected chi connectivity index (χ0v) is 11.3. The number of hydrogen-bond donors (Lipinski definition) is 2. The van der Waals surface area contributed by atoms with Gasteiger partial charge in [0.15, 0.2) is 5.82 Å². The fourth-order valence-electron chi connectivity index (χ4n) is 1.63. The molecule has 0 saturated heterocycles. The van der Waals surface area contributed by atoms with E-state index in [-0.39, 0.29) is 0 Å². The number of benzene rings is 1. The van der Waals surface area contributed by atoms with E-state index in [0.29, 0.717) is 35.6 Å². The van der Waals surface area contributed by atoms with Gasteiger partial charge in [-0.05, 0) is 11.6 Å². The van der Waals surface area contributed by atoms with Crippen molar-refractivity contribution in [1.29, 1.82) is 0 Å². The first-order valence-electron chi connectivity index (χ1n) is 5.78. The van der Waals surface area contributed by atoms with Gasteiger partial charge in [0.2, 0.25) is 0 Å². The molecule has 0 spiro atoms. The molecule has 0 amide bonds. The van der Waals surface area contributed by atoms with Gasteiger partial charge in [0.05, 0.1) is 0 Å². The maximum Gasteiger partial charge on any atom is 0.158 e. The highest BCUT2D eigenvalue weighted by Gasteiger charge is 2.04. The van der Waals surface area contributed by atoms with Gasteiger partial charge >= 0.3 is 0 Å². The molecule has 2 rings (SSSR count). The van der Waals surface area contributed by atoms with E-state index in [2.05, 4.69) is 15.3 Å². The summed E-state index contributed by atoms with van der Waals surface area (Å²) in [5.41, 5.74) is 6.71. The molecule has 5 nitrogen and oxygen atoms in total. The van der Waals surface area contributed by atoms with Gasteiger partial charge in [-0.3, -0.25) is 0 Å². The minimum absolute atomic E-state index is 0.325. The molecule has 1 heterocycles. The molecule has 0 radical (unpaired) electrons. The van der Waals surface area contributed by atoms with Crippen LogP contribution in [-0.4, -0.2) is 17.1 Å². The van der Waals surface area contributed by atoms with Crippen LogP contribution in [0.1, 0.15) is 11.4 Å². The SMILES string of the molecule is COCc1nc(N)cc(NCc2ccccc2Cl)n1. The first kappa shape index (κ1) is 13.6. The van der Waals surface area contributed by atoms with Crippen LogP contribution in [0.3, 0.4) is 0 Å². The number of nitrogens with two attached hydrogens (primary N) is 1. The number of nitrogen functional groups attached to an aromatic ring is 1. The van der Waals surface area contributed by atoms with E-state index in [0.717, 1.165) is 5.56 Å². The lowest BCUT2D eigenvalue weighted by Crippen LogP contribution is -2.07. The van der Waals surface area contributed by atoms with E-state index in [9.17, 15) is 0 Å². The number of nitrogens with zero attached hydrogens (tertiary/aromatic N) is 2. The number of halogens is 1. The van der Waals surface area contributed by atoms with Crippen molar-refractivity contribution in [3.8, 4) is 0 Å². The lowest BCUT2D eigenvalue weighted by atomic mass is 10.2. The van der Waals surface area contributed by atoms with E-state index in [1.807, 2.05) is 24.3 Å². The average Bonchev–Trinajstić information content (AvgIpc) is 2.37. The van der Waals surface area contributed by atoms with Crippen molar-refractivity contribution in [2.24, 2.45) is 0 Å². The molecule has 1 aromatic heterocycles. The second-order valence-electron chi connectivity index (χ2n) is 3.97. The van der Waals surface area contributed by atoms with Crippen molar-refractivity contribution >= 4 is 23.2 Å². The maximum atomic E-state index is 6.09. The number of aromatic nitrogens is 2. The quantitative estimate of drug-likeness (QED) is 0.879. The zero-order chi connectivity index (χ0) is 13.7. The molecule has 0 aliphatic heterocycles. The largest absolute Gasteiger partial charge is 0.384 e. The van der Waals surface area contributed by atoms with Crippen molar-refractivity contribution in [1.82, 2.24) is 9.97 Å². The molecule has 0 atom stereocenters. The molecule has 6 heteroatoms. The van der Waals surface area contributed by atoms with Crippen molar-refractivity contribution in [3.05, 3.63) is 46.7 Å². The molecule has 1 aromatic carbocycles. The van der Waals surface area contributed by atoms with Crippen molar-refractivity contribution < 1.29 is 4.74 Å². The number of nitrogens with one attached hydrogen (secondary N) is 1. The second-order valence-corrected chi connectivity index (χ2v) is 4.38. The topological polar surface area (TPSA) is 73.1 Å². The van der Waals surface area contributed by atoms with Crippen LogP contribution in [0.5, 0.6) is 0 Å². The molecular formula is C13H15ClN4O. The van der Waals surface area contributed by atoms with E-state index in [1.165, 1.54) is 0 Å². The standard InChI is InChI=1S/C13H15ClN4O/c1-19-8-13-17-11(15)6-12(18-13)16-7-9-4-2-3-5-10(9)14/h2-6H,7-8H2,1H3,(H3,15,16,17,18). The third-order valence-electron chi connectivity index (χ3n) is 2.48. The van der Waals surface area contributed by atoms with Crippen molar-refractivity contribution in [2.75, 3.05) is 18.2 Å². The Bertz CT molecular complexity index is 562. The molecule has 0 saturated carbocycles. The minimum Gasteiger partial charge on any atom is -0.384 e. The van der Waals surface area contributed by atoms with E-state index in [4.69, 9.17) is 22.1 Å². The fraction of sp³-hybridized carbons (Fsp3) is 0.231. The molecule has 0 aliphatic rings. The van der Waals surface area contributed by atoms with E-state index >= 15 is 0 Å². The van der Waals surface area contributed by atoms with Crippen molar-refractivity contribution in [3.63, 3.8) is 0 Å². The van der Waals surface area contributed by atoms with Gasteiger partial charge in [-0.2, -0.15) is 0 Å². The summed E-state index contributed by atoms with van der Waals surface area (Å²) >= 11 is 6.09. The maximum absolute atomic E-state index is 6.09. The van der Waals surface area contributed by atoms with E-state index < -0.39 is 0 Å². The summed E-state index contributed by atoms with van der Waals surface area (Å²) in [7, 11) is 1.59. The first-order chi connectivity index (χ1) is 9.19. The molecule has 0 bridgehead atoms. The number of hydrogen-bond acceptors (Lipinski definition) is 5. The Morgan fingerprint density at radius 2 is 2.11 bits per heavy atom. The Labute approximate surface area is 116 Å². The molecule has 0 fully saturated rings. The van der Waals surface area contributed by atoms with Crippen LogP contribution in [0.15, 0.2) is 30.3 Å². The Morgan fingerprint density at radius 3 is 2.84 bits per heavy atom. The highest BCUT2D eigenvalue weighted by atomic mass is 35.5. The highest BCUT2D eigenvalue weighted by Crippen LogP contribution is 2.17. The highest BCUT2D eigenvalue weighted by molar-refractivity contribution is 6.31. The van der Waals surface area contributed by atoms with Crippen LogP contribution in [0.4, 0.5) is 11.6 Å². The number of ether oxygens (including phenoxy) is 1. The summed E-state index contributed by atoms with van der Waals surface area (Å²) in [6.07, 6.45) is 0. The van der Waals surface area contributed by atoms with Crippen LogP contribution in [0.2, 0.25) is 5.02 Å². The predicted octanol–water partition coefficient (Wildman–Crippen LogP) is 2.47. The average molecular weight is 279 g/mol. The van der Waals surface area contributed by atoms with Crippen LogP contribution >= 0.6 is 11.6 Å². The molecule has 0 aliphatic carbocycles. The van der Waals surface area contributed by atoms with Crippen LogP contribution in [0, 0.1) is 0 Å². The Balaban J connectivity index is 2.09. The normalized spacial score (nSPS) is 10.4. The van der Waals surface area contributed by atoms with E-state index in [1.54, 1.807) is 13.2 Å². The smallest absolute Gasteiger partial charge is 0.158 e. The Hall–Kier alpha value is -1.85. The lowest BCUT2D eigenvalue weighted by Gasteiger charge is -2.09. The van der Waals surface area contributed by atoms with Crippen LogP contribution < -0.4 is 11.1 Å². The second kappa shape index (κ2) is 6.36. The summed E-state index contributed by atoms with van der Waals surface area (Å²) in [6.45, 7) is 0.897. The summed E-state index contributed by atoms with van der Waals surface area (Å²) in [5.74, 6) is 1.60. The number of methoxy groups -OCH3 is 1. The van der Waals surface area contributed by atoms with Gasteiger partial charge in [0.25, 0.3) is 0 Å². The molecule has 100 valence electrons. The van der Waals surface area contributed by atoms with Gasteiger partial charge in [-0.25, -0.2) is 9.97 Å². The summed E-state index contributed by atoms with van der Waals surface area (Å²) in [4.78, 5) is 8.37. The third kappa shape index (κ3) is 3.81. The van der Waals surface area contributed by atoms with Gasteiger partial charge in [-0.1, -0.05) is 29.8 Å². The minimum atomic E-state index is 0.325. The zero-order valence-electron chi connectivity index (χ0n) is 10.6. The summed E-state index contributed by atoms with van der Waals surface area (Å²) in [6, 6.07) is 9.31. The molecular weight excluding hydrogens is 264 g/mol. The predicted molar refractivity (Wildman–Crippen MR) is 75.9 cm³/mol. The molecule has 3 N–H and O–H groups in total. The summed E-state index contributed by atoms with van der Waals surface area (Å²) < 4.78 is 4.99. The Kier molecular flexibility index (Phi) is 4.54. The lowest BCUT2D eigenvalue weighted by molar-refractivity contribution is 0.178. The van der Waals surface area contributed by atoms with Gasteiger partial charge in [0.1, 0.15) is 18.2 Å². The van der Waals surface area contributed by atoms with Crippen LogP contribution in [-0.2, 0) is 17.9 Å². The Morgan fingerprint density at radius 1 is 1.32 bits per heavy atom. The third-order valence-corrected chi connectivity index (χ3v) is 2.85. The molecule has 2 aromatic rings. The number of anilines is 2. The first-order valence-corrected chi connectivity index (χ1v) is 6.16. The van der Waals surface area contributed by atoms with Crippen molar-refractivity contribution in [2.45, 2.75) is 13.2 Å². The number of rotatable bonds is 5. The molecule has 19 heavy (non-hydrogen) atoms. The van der Waals surface area contributed by atoms with Gasteiger partial charge in [-0.15, -0.1) is 0 Å². The fourth-order valence-corrected chi connectivity index (χ4v) is 1.83. The monoisotopic (exact) mass is 278 g/mol. The van der Waals surface area contributed by atoms with Crippen LogP contribution in [0.25, 0.3) is 0 Å². The van der Waals surface area contributed by atoms with Gasteiger partial charge in [0, 0.05) is 24.7 Å².